The van der Waals surface area contributed by atoms with E-state index in [9.17, 15) is 0 Å². The second kappa shape index (κ2) is 4.61. The largest absolute Gasteiger partial charge is 0.367 e. The summed E-state index contributed by atoms with van der Waals surface area (Å²) in [6.45, 7) is 4.33. The Bertz CT molecular complexity index is 518. The van der Waals surface area contributed by atoms with E-state index in [4.69, 9.17) is 0 Å². The van der Waals surface area contributed by atoms with Crippen LogP contribution in [0.25, 0.3) is 11.1 Å². The Hall–Kier alpha value is -1.55. The average molecular weight is 244 g/mol. The van der Waals surface area contributed by atoms with Gasteiger partial charge in [0.05, 0.1) is 5.69 Å². The molecular weight excluding hydrogens is 224 g/mol. The highest BCUT2D eigenvalue weighted by atomic mass is 15.3. The smallest absolute Gasteiger partial charge is 0.0675 e. The topological polar surface area (TPSA) is 45.6 Å². The first-order chi connectivity index (χ1) is 8.77. The van der Waals surface area contributed by atoms with Crippen molar-refractivity contribution < 1.29 is 0 Å². The lowest BCUT2D eigenvalue weighted by Crippen LogP contribution is -2.27. The summed E-state index contributed by atoms with van der Waals surface area (Å²) in [7, 11) is 2.07. The number of aromatic amines is 1. The Balaban J connectivity index is 2.07. The molecule has 96 valence electrons. The standard InChI is InChI=1S/C14H20N4/c1-10-13(12-5-8-16-9-12)14(18(2)17-10)11-3-6-15-7-4-11/h5,8-9,11,15-16H,3-4,6-7H2,1-2H3. The fraction of sp³-hybridized carbons (Fsp3) is 0.500. The molecule has 0 radical (unpaired) electrons. The Labute approximate surface area is 107 Å². The summed E-state index contributed by atoms with van der Waals surface area (Å²) >= 11 is 0. The number of aromatic nitrogens is 3. The van der Waals surface area contributed by atoms with Crippen LogP contribution in [-0.2, 0) is 7.05 Å². The first kappa shape index (κ1) is 11.5. The number of aryl methyl sites for hydroxylation is 2. The van der Waals surface area contributed by atoms with Crippen LogP contribution in [0.3, 0.4) is 0 Å². The fourth-order valence-electron chi connectivity index (χ4n) is 3.08. The van der Waals surface area contributed by atoms with Gasteiger partial charge in [-0.2, -0.15) is 5.10 Å². The Morgan fingerprint density at radius 2 is 2.11 bits per heavy atom. The van der Waals surface area contributed by atoms with Gasteiger partial charge in [0.2, 0.25) is 0 Å². The van der Waals surface area contributed by atoms with E-state index in [-0.39, 0.29) is 0 Å². The van der Waals surface area contributed by atoms with E-state index in [1.165, 1.54) is 29.7 Å². The fourth-order valence-corrected chi connectivity index (χ4v) is 3.08. The van der Waals surface area contributed by atoms with Crippen LogP contribution < -0.4 is 5.32 Å². The molecular formula is C14H20N4. The molecule has 2 N–H and O–H groups in total. The molecule has 1 aliphatic heterocycles. The summed E-state index contributed by atoms with van der Waals surface area (Å²) < 4.78 is 2.08. The Morgan fingerprint density at radius 3 is 2.78 bits per heavy atom. The number of H-pyrrole nitrogens is 1. The zero-order chi connectivity index (χ0) is 12.5. The van der Waals surface area contributed by atoms with Gasteiger partial charge >= 0.3 is 0 Å². The van der Waals surface area contributed by atoms with Crippen LogP contribution in [0.15, 0.2) is 18.5 Å². The summed E-state index contributed by atoms with van der Waals surface area (Å²) in [6.07, 6.45) is 6.45. The minimum atomic E-state index is 0.627. The highest BCUT2D eigenvalue weighted by Gasteiger charge is 2.24. The number of nitrogens with one attached hydrogen (secondary N) is 2. The van der Waals surface area contributed by atoms with E-state index < -0.39 is 0 Å². The molecule has 18 heavy (non-hydrogen) atoms. The zero-order valence-corrected chi connectivity index (χ0v) is 11.0. The highest BCUT2D eigenvalue weighted by molar-refractivity contribution is 5.68. The minimum absolute atomic E-state index is 0.627. The van der Waals surface area contributed by atoms with Crippen molar-refractivity contribution in [2.75, 3.05) is 13.1 Å². The van der Waals surface area contributed by atoms with Gasteiger partial charge in [0.1, 0.15) is 0 Å². The van der Waals surface area contributed by atoms with Crippen molar-refractivity contribution in [1.29, 1.82) is 0 Å². The molecule has 0 bridgehead atoms. The first-order valence-electron chi connectivity index (χ1n) is 6.64. The molecule has 0 saturated carbocycles. The van der Waals surface area contributed by atoms with E-state index in [1.807, 2.05) is 6.20 Å². The van der Waals surface area contributed by atoms with Gasteiger partial charge in [-0.3, -0.25) is 4.68 Å². The second-order valence-electron chi connectivity index (χ2n) is 5.09. The minimum Gasteiger partial charge on any atom is -0.367 e. The van der Waals surface area contributed by atoms with E-state index in [2.05, 4.69) is 46.3 Å². The van der Waals surface area contributed by atoms with Gasteiger partial charge < -0.3 is 10.3 Å². The Morgan fingerprint density at radius 1 is 1.33 bits per heavy atom. The molecule has 0 spiro atoms. The average Bonchev–Trinajstić information content (AvgIpc) is 2.97. The van der Waals surface area contributed by atoms with E-state index in [1.54, 1.807) is 0 Å². The highest BCUT2D eigenvalue weighted by Crippen LogP contribution is 2.35. The van der Waals surface area contributed by atoms with Crippen LogP contribution >= 0.6 is 0 Å². The lowest BCUT2D eigenvalue weighted by Gasteiger charge is -2.24. The molecule has 2 aromatic rings. The quantitative estimate of drug-likeness (QED) is 0.850. The van der Waals surface area contributed by atoms with Crippen LogP contribution in [0, 0.1) is 6.92 Å². The van der Waals surface area contributed by atoms with Crippen LogP contribution in [-0.4, -0.2) is 27.9 Å². The SMILES string of the molecule is Cc1nn(C)c(C2CCNCC2)c1-c1cc[nH]c1. The second-order valence-corrected chi connectivity index (χ2v) is 5.09. The molecule has 0 amide bonds. The molecule has 1 saturated heterocycles. The van der Waals surface area contributed by atoms with E-state index in [0.717, 1.165) is 18.8 Å². The summed E-state index contributed by atoms with van der Waals surface area (Å²) in [5.41, 5.74) is 5.11. The van der Waals surface area contributed by atoms with Crippen molar-refractivity contribution in [1.82, 2.24) is 20.1 Å². The van der Waals surface area contributed by atoms with Crippen molar-refractivity contribution in [2.24, 2.45) is 7.05 Å². The van der Waals surface area contributed by atoms with Crippen LogP contribution in [0.1, 0.15) is 30.1 Å². The normalized spacial score (nSPS) is 17.2. The van der Waals surface area contributed by atoms with Gasteiger partial charge in [0, 0.05) is 42.2 Å². The molecule has 0 unspecified atom stereocenters. The summed E-state index contributed by atoms with van der Waals surface area (Å²) in [5, 5.41) is 8.05. The number of piperidine rings is 1. The zero-order valence-electron chi connectivity index (χ0n) is 11.0. The number of nitrogens with zero attached hydrogens (tertiary/aromatic N) is 2. The molecule has 1 fully saturated rings. The number of rotatable bonds is 2. The molecule has 0 aromatic carbocycles. The molecule has 2 aromatic heterocycles. The van der Waals surface area contributed by atoms with Gasteiger partial charge in [-0.1, -0.05) is 0 Å². The van der Waals surface area contributed by atoms with Crippen LogP contribution in [0.4, 0.5) is 0 Å². The van der Waals surface area contributed by atoms with E-state index >= 15 is 0 Å². The lowest BCUT2D eigenvalue weighted by molar-refractivity contribution is 0.440. The van der Waals surface area contributed by atoms with Gasteiger partial charge in [-0.05, 0) is 38.9 Å². The molecule has 4 nitrogen and oxygen atoms in total. The monoisotopic (exact) mass is 244 g/mol. The Kier molecular flexibility index (Phi) is 2.96. The molecule has 3 heterocycles. The van der Waals surface area contributed by atoms with Gasteiger partial charge in [-0.25, -0.2) is 0 Å². The number of hydrogen-bond acceptors (Lipinski definition) is 2. The van der Waals surface area contributed by atoms with Crippen LogP contribution in [0.2, 0.25) is 0 Å². The van der Waals surface area contributed by atoms with Crippen molar-refractivity contribution in [3.8, 4) is 11.1 Å². The maximum atomic E-state index is 4.62. The number of hydrogen-bond donors (Lipinski definition) is 2. The van der Waals surface area contributed by atoms with E-state index in [0.29, 0.717) is 5.92 Å². The molecule has 1 aliphatic rings. The van der Waals surface area contributed by atoms with Gasteiger partial charge in [0.15, 0.2) is 0 Å². The third kappa shape index (κ3) is 1.86. The van der Waals surface area contributed by atoms with Gasteiger partial charge in [-0.15, -0.1) is 0 Å². The summed E-state index contributed by atoms with van der Waals surface area (Å²) in [4.78, 5) is 3.15. The van der Waals surface area contributed by atoms with Gasteiger partial charge in [0.25, 0.3) is 0 Å². The van der Waals surface area contributed by atoms with Crippen molar-refractivity contribution in [3.05, 3.63) is 29.8 Å². The molecule has 4 heteroatoms. The third-order valence-electron chi connectivity index (χ3n) is 3.88. The first-order valence-corrected chi connectivity index (χ1v) is 6.64. The lowest BCUT2D eigenvalue weighted by atomic mass is 9.89. The van der Waals surface area contributed by atoms with Crippen molar-refractivity contribution in [2.45, 2.75) is 25.7 Å². The predicted molar refractivity (Wildman–Crippen MR) is 72.6 cm³/mol. The maximum absolute atomic E-state index is 4.62. The van der Waals surface area contributed by atoms with Crippen molar-refractivity contribution >= 4 is 0 Å². The van der Waals surface area contributed by atoms with Crippen LogP contribution in [0.5, 0.6) is 0 Å². The van der Waals surface area contributed by atoms with Crippen molar-refractivity contribution in [3.63, 3.8) is 0 Å². The third-order valence-corrected chi connectivity index (χ3v) is 3.88. The predicted octanol–water partition coefficient (Wildman–Crippen LogP) is 2.19. The summed E-state index contributed by atoms with van der Waals surface area (Å²) in [6, 6.07) is 2.13. The molecule has 0 aliphatic carbocycles. The maximum Gasteiger partial charge on any atom is 0.0675 e. The molecule has 0 atom stereocenters. The summed E-state index contributed by atoms with van der Waals surface area (Å²) in [5.74, 6) is 0.627. The molecule has 3 rings (SSSR count).